The van der Waals surface area contributed by atoms with Crippen molar-refractivity contribution in [3.8, 4) is 0 Å². The lowest BCUT2D eigenvalue weighted by Gasteiger charge is -2.15. The maximum Gasteiger partial charge on any atom is 0.303 e. The van der Waals surface area contributed by atoms with Crippen molar-refractivity contribution in [1.82, 2.24) is 4.90 Å². The third-order valence-electron chi connectivity index (χ3n) is 2.30. The van der Waals surface area contributed by atoms with Crippen LogP contribution in [0.5, 0.6) is 0 Å². The number of ether oxygens (including phenoxy) is 2. The van der Waals surface area contributed by atoms with Gasteiger partial charge >= 0.3 is 5.97 Å². The molecule has 1 amide bonds. The van der Waals surface area contributed by atoms with Gasteiger partial charge in [-0.3, -0.25) is 9.59 Å². The van der Waals surface area contributed by atoms with E-state index in [2.05, 4.69) is 4.74 Å². The fourth-order valence-corrected chi connectivity index (χ4v) is 1.58. The summed E-state index contributed by atoms with van der Waals surface area (Å²) < 4.78 is 10.0. The Hall–Kier alpha value is -1.10. The van der Waals surface area contributed by atoms with Crippen LogP contribution in [0.4, 0.5) is 0 Å². The van der Waals surface area contributed by atoms with Crippen LogP contribution in [0.2, 0.25) is 0 Å². The first-order chi connectivity index (χ1) is 7.13. The van der Waals surface area contributed by atoms with E-state index in [0.717, 1.165) is 6.42 Å². The van der Waals surface area contributed by atoms with Crippen molar-refractivity contribution in [1.29, 1.82) is 0 Å². The van der Waals surface area contributed by atoms with Gasteiger partial charge in [-0.15, -0.1) is 0 Å². The fourth-order valence-electron chi connectivity index (χ4n) is 1.58. The van der Waals surface area contributed by atoms with Gasteiger partial charge in [0.2, 0.25) is 0 Å². The number of esters is 1. The average Bonchev–Trinajstić information content (AvgIpc) is 2.63. The molecule has 1 aliphatic rings. The molecule has 0 aromatic heterocycles. The molecule has 0 aromatic rings. The number of nitrogens with zero attached hydrogens (tertiary/aromatic N) is 1. The molecule has 1 heterocycles. The quantitative estimate of drug-likeness (QED) is 0.628. The molecule has 0 radical (unpaired) electrons. The van der Waals surface area contributed by atoms with Gasteiger partial charge in [0.05, 0.1) is 6.10 Å². The van der Waals surface area contributed by atoms with Gasteiger partial charge in [0.15, 0.2) is 6.61 Å². The molecule has 1 saturated heterocycles. The number of hydrogen-bond donors (Lipinski definition) is 0. The topological polar surface area (TPSA) is 55.8 Å². The van der Waals surface area contributed by atoms with Crippen LogP contribution in [0.3, 0.4) is 0 Å². The summed E-state index contributed by atoms with van der Waals surface area (Å²) in [5.74, 6) is -0.573. The average molecular weight is 215 g/mol. The summed E-state index contributed by atoms with van der Waals surface area (Å²) in [6.45, 7) is 5.02. The second kappa shape index (κ2) is 5.70. The van der Waals surface area contributed by atoms with Gasteiger partial charge in [-0.05, 0) is 13.3 Å². The Labute approximate surface area is 89.3 Å². The van der Waals surface area contributed by atoms with Gasteiger partial charge in [-0.2, -0.15) is 0 Å². The molecule has 15 heavy (non-hydrogen) atoms. The fraction of sp³-hybridized carbons (Fsp3) is 0.800. The van der Waals surface area contributed by atoms with Gasteiger partial charge in [0.1, 0.15) is 0 Å². The molecule has 1 fully saturated rings. The summed E-state index contributed by atoms with van der Waals surface area (Å²) in [5, 5.41) is 0. The summed E-state index contributed by atoms with van der Waals surface area (Å²) in [7, 11) is 0. The SMILES string of the molecule is CCOC1CCN(C(=O)COC(C)=O)C1. The lowest BCUT2D eigenvalue weighted by atomic mass is 10.3. The van der Waals surface area contributed by atoms with Gasteiger partial charge in [-0.1, -0.05) is 0 Å². The van der Waals surface area contributed by atoms with Gasteiger partial charge in [0.25, 0.3) is 5.91 Å². The normalized spacial score (nSPS) is 20.4. The van der Waals surface area contributed by atoms with E-state index in [-0.39, 0.29) is 18.6 Å². The largest absolute Gasteiger partial charge is 0.456 e. The number of amides is 1. The number of hydrogen-bond acceptors (Lipinski definition) is 4. The van der Waals surface area contributed by atoms with E-state index in [0.29, 0.717) is 19.7 Å². The molecule has 0 saturated carbocycles. The van der Waals surface area contributed by atoms with E-state index in [4.69, 9.17) is 4.74 Å². The van der Waals surface area contributed by atoms with Gasteiger partial charge < -0.3 is 14.4 Å². The molecule has 0 bridgehead atoms. The molecule has 0 N–H and O–H groups in total. The zero-order valence-electron chi connectivity index (χ0n) is 9.19. The van der Waals surface area contributed by atoms with Crippen LogP contribution in [-0.2, 0) is 19.1 Å². The Morgan fingerprint density at radius 2 is 2.20 bits per heavy atom. The Morgan fingerprint density at radius 3 is 2.80 bits per heavy atom. The van der Waals surface area contributed by atoms with Crippen LogP contribution in [0.25, 0.3) is 0 Å². The van der Waals surface area contributed by atoms with E-state index in [1.807, 2.05) is 6.92 Å². The van der Waals surface area contributed by atoms with Crippen LogP contribution < -0.4 is 0 Å². The number of rotatable bonds is 4. The van der Waals surface area contributed by atoms with Crippen molar-refractivity contribution in [2.24, 2.45) is 0 Å². The van der Waals surface area contributed by atoms with E-state index < -0.39 is 5.97 Å². The first kappa shape index (κ1) is 12.0. The standard InChI is InChI=1S/C10H17NO4/c1-3-14-9-4-5-11(6-9)10(13)7-15-8(2)12/h9H,3-7H2,1-2H3. The molecular weight excluding hydrogens is 198 g/mol. The van der Waals surface area contributed by atoms with E-state index in [9.17, 15) is 9.59 Å². The highest BCUT2D eigenvalue weighted by Crippen LogP contribution is 2.12. The lowest BCUT2D eigenvalue weighted by Crippen LogP contribution is -2.33. The van der Waals surface area contributed by atoms with Gasteiger partial charge in [0, 0.05) is 26.6 Å². The van der Waals surface area contributed by atoms with Crippen molar-refractivity contribution in [2.75, 3.05) is 26.3 Å². The Bertz CT molecular complexity index is 242. The van der Waals surface area contributed by atoms with E-state index in [1.165, 1.54) is 6.92 Å². The summed E-state index contributed by atoms with van der Waals surface area (Å²) in [5.41, 5.74) is 0. The maximum atomic E-state index is 11.5. The molecule has 86 valence electrons. The maximum absolute atomic E-state index is 11.5. The summed E-state index contributed by atoms with van der Waals surface area (Å²) in [6.07, 6.45) is 0.996. The Balaban J connectivity index is 2.27. The zero-order chi connectivity index (χ0) is 11.3. The van der Waals surface area contributed by atoms with Crippen molar-refractivity contribution < 1.29 is 19.1 Å². The first-order valence-electron chi connectivity index (χ1n) is 5.16. The lowest BCUT2D eigenvalue weighted by molar-refractivity contribution is -0.149. The predicted molar refractivity (Wildman–Crippen MR) is 53.2 cm³/mol. The minimum atomic E-state index is -0.427. The third-order valence-corrected chi connectivity index (χ3v) is 2.30. The molecule has 1 rings (SSSR count). The molecule has 0 aromatic carbocycles. The van der Waals surface area contributed by atoms with Gasteiger partial charge in [-0.25, -0.2) is 0 Å². The number of carbonyl (C=O) groups excluding carboxylic acids is 2. The zero-order valence-corrected chi connectivity index (χ0v) is 9.19. The third kappa shape index (κ3) is 3.87. The summed E-state index contributed by atoms with van der Waals surface area (Å²) in [6, 6.07) is 0. The minimum Gasteiger partial charge on any atom is -0.456 e. The molecular formula is C10H17NO4. The first-order valence-corrected chi connectivity index (χ1v) is 5.16. The molecule has 1 aliphatic heterocycles. The number of carbonyl (C=O) groups is 2. The second-order valence-corrected chi connectivity index (χ2v) is 3.49. The van der Waals surface area contributed by atoms with Crippen LogP contribution >= 0.6 is 0 Å². The molecule has 1 atom stereocenters. The number of likely N-dealkylation sites (tertiary alicyclic amines) is 1. The van der Waals surface area contributed by atoms with E-state index >= 15 is 0 Å². The predicted octanol–water partition coefficient (Wildman–Crippen LogP) is 0.187. The van der Waals surface area contributed by atoms with Crippen molar-refractivity contribution in [2.45, 2.75) is 26.4 Å². The van der Waals surface area contributed by atoms with E-state index in [1.54, 1.807) is 4.90 Å². The summed E-state index contributed by atoms with van der Waals surface area (Å²) in [4.78, 5) is 23.7. The Morgan fingerprint density at radius 1 is 1.47 bits per heavy atom. The van der Waals surface area contributed by atoms with Crippen LogP contribution in [0.1, 0.15) is 20.3 Å². The van der Waals surface area contributed by atoms with Crippen molar-refractivity contribution in [3.63, 3.8) is 0 Å². The minimum absolute atomic E-state index is 0.135. The highest BCUT2D eigenvalue weighted by molar-refractivity contribution is 5.80. The van der Waals surface area contributed by atoms with Crippen molar-refractivity contribution in [3.05, 3.63) is 0 Å². The monoisotopic (exact) mass is 215 g/mol. The molecule has 1 unspecified atom stereocenters. The molecule has 0 spiro atoms. The molecule has 0 aliphatic carbocycles. The van der Waals surface area contributed by atoms with Crippen LogP contribution in [-0.4, -0.2) is 49.2 Å². The van der Waals surface area contributed by atoms with Crippen LogP contribution in [0.15, 0.2) is 0 Å². The summed E-state index contributed by atoms with van der Waals surface area (Å²) >= 11 is 0. The highest BCUT2D eigenvalue weighted by Gasteiger charge is 2.26. The Kier molecular flexibility index (Phi) is 4.55. The second-order valence-electron chi connectivity index (χ2n) is 3.49. The van der Waals surface area contributed by atoms with Crippen molar-refractivity contribution >= 4 is 11.9 Å². The highest BCUT2D eigenvalue weighted by atomic mass is 16.5. The smallest absolute Gasteiger partial charge is 0.303 e. The molecule has 5 nitrogen and oxygen atoms in total. The van der Waals surface area contributed by atoms with Crippen LogP contribution in [0, 0.1) is 0 Å². The molecule has 5 heteroatoms.